The molecule has 0 spiro atoms. The van der Waals surface area contributed by atoms with Crippen molar-refractivity contribution >= 4 is 32.8 Å². The first-order valence-electron chi connectivity index (χ1n) is 5.49. The fourth-order valence-corrected chi connectivity index (χ4v) is 1.91. The Bertz CT molecular complexity index is 674. The Balaban J connectivity index is 2.38. The third-order valence-electron chi connectivity index (χ3n) is 2.39. The number of nitrogens with zero attached hydrogens (tertiary/aromatic N) is 1. The molecular weight excluding hydrogens is 374 g/mol. The van der Waals surface area contributed by atoms with Gasteiger partial charge in [-0.15, -0.1) is 0 Å². The number of hydrogen-bond donors (Lipinski definition) is 0. The van der Waals surface area contributed by atoms with Crippen LogP contribution in [0.3, 0.4) is 0 Å². The van der Waals surface area contributed by atoms with Gasteiger partial charge in [-0.1, -0.05) is 15.9 Å². The summed E-state index contributed by atoms with van der Waals surface area (Å²) in [5.41, 5.74) is -2.09. The monoisotopic (exact) mass is 379 g/mol. The van der Waals surface area contributed by atoms with Crippen LogP contribution in [-0.2, 0) is 6.18 Å². The zero-order chi connectivity index (χ0) is 15.6. The van der Waals surface area contributed by atoms with Crippen LogP contribution >= 0.6 is 27.5 Å². The van der Waals surface area contributed by atoms with Crippen LogP contribution in [-0.4, -0.2) is 10.2 Å². The average molecular weight is 381 g/mol. The van der Waals surface area contributed by atoms with Gasteiger partial charge in [0.2, 0.25) is 5.88 Å². The number of hydrogen-bond acceptors (Lipinski definition) is 3. The molecule has 1 heterocycles. The number of rotatable bonds is 3. The summed E-state index contributed by atoms with van der Waals surface area (Å²) in [6.45, 7) is 0. The lowest BCUT2D eigenvalue weighted by Gasteiger charge is -2.11. The van der Waals surface area contributed by atoms with Gasteiger partial charge in [0, 0.05) is 10.5 Å². The van der Waals surface area contributed by atoms with Crippen molar-refractivity contribution in [1.82, 2.24) is 4.98 Å². The molecule has 0 radical (unpaired) electrons. The molecule has 0 aliphatic heterocycles. The van der Waals surface area contributed by atoms with Gasteiger partial charge >= 0.3 is 6.18 Å². The number of halogens is 5. The Morgan fingerprint density at radius 1 is 1.14 bits per heavy atom. The molecule has 2 rings (SSSR count). The van der Waals surface area contributed by atoms with Crippen molar-refractivity contribution in [3.8, 4) is 11.6 Å². The number of carbonyl (C=O) groups is 1. The molecular formula is C13H6BrClF3NO2. The fourth-order valence-electron chi connectivity index (χ4n) is 1.50. The van der Waals surface area contributed by atoms with E-state index in [0.717, 1.165) is 16.6 Å². The minimum absolute atomic E-state index is 0.286. The van der Waals surface area contributed by atoms with Gasteiger partial charge in [0.05, 0.1) is 5.56 Å². The van der Waals surface area contributed by atoms with Crippen molar-refractivity contribution in [2.45, 2.75) is 6.18 Å². The van der Waals surface area contributed by atoms with E-state index in [2.05, 4.69) is 20.9 Å². The third-order valence-corrected chi connectivity index (χ3v) is 3.12. The van der Waals surface area contributed by atoms with Crippen LogP contribution in [0.1, 0.15) is 16.1 Å². The molecule has 0 amide bonds. The molecule has 3 nitrogen and oxygen atoms in total. The molecule has 0 saturated carbocycles. The largest absolute Gasteiger partial charge is 0.439 e. The average Bonchev–Trinajstić information content (AvgIpc) is 2.40. The van der Waals surface area contributed by atoms with Crippen molar-refractivity contribution in [2.75, 3.05) is 0 Å². The Labute approximate surface area is 130 Å². The van der Waals surface area contributed by atoms with E-state index < -0.39 is 22.7 Å². The van der Waals surface area contributed by atoms with E-state index in [4.69, 9.17) is 16.3 Å². The van der Waals surface area contributed by atoms with Gasteiger partial charge in [-0.3, -0.25) is 4.79 Å². The van der Waals surface area contributed by atoms with Gasteiger partial charge in [0.1, 0.15) is 5.75 Å². The van der Waals surface area contributed by atoms with Crippen LogP contribution in [0.4, 0.5) is 13.2 Å². The zero-order valence-electron chi connectivity index (χ0n) is 10.1. The molecule has 0 aliphatic rings. The van der Waals surface area contributed by atoms with Crippen molar-refractivity contribution in [2.24, 2.45) is 0 Å². The number of aromatic nitrogens is 1. The molecule has 21 heavy (non-hydrogen) atoms. The summed E-state index contributed by atoms with van der Waals surface area (Å²) in [5, 5.41) is -1.23. The topological polar surface area (TPSA) is 39.2 Å². The molecule has 110 valence electrons. The first-order chi connectivity index (χ1) is 9.77. The molecule has 0 unspecified atom stereocenters. The lowest BCUT2D eigenvalue weighted by Crippen LogP contribution is -2.14. The second-order valence-electron chi connectivity index (χ2n) is 3.87. The first-order valence-corrected chi connectivity index (χ1v) is 6.66. The van der Waals surface area contributed by atoms with Crippen LogP contribution in [0.2, 0.25) is 0 Å². The van der Waals surface area contributed by atoms with Crippen LogP contribution in [0, 0.1) is 0 Å². The van der Waals surface area contributed by atoms with E-state index >= 15 is 0 Å². The summed E-state index contributed by atoms with van der Waals surface area (Å²) in [4.78, 5) is 14.3. The summed E-state index contributed by atoms with van der Waals surface area (Å²) < 4.78 is 44.5. The Hall–Kier alpha value is -1.60. The summed E-state index contributed by atoms with van der Waals surface area (Å²) >= 11 is 8.34. The summed E-state index contributed by atoms with van der Waals surface area (Å²) in [7, 11) is 0. The fraction of sp³-hybridized carbons (Fsp3) is 0.0769. The highest BCUT2D eigenvalue weighted by Gasteiger charge is 2.37. The highest BCUT2D eigenvalue weighted by molar-refractivity contribution is 9.10. The zero-order valence-corrected chi connectivity index (χ0v) is 12.5. The molecule has 0 bridgehead atoms. The standard InChI is InChI=1S/C13H6BrClF3NO2/c14-7-1-3-8(4-2-7)21-10-6-5-9(12(15)20)11(19-10)13(16,17)18/h1-6H. The van der Waals surface area contributed by atoms with Gasteiger partial charge in [-0.25, -0.2) is 4.98 Å². The Morgan fingerprint density at radius 2 is 1.76 bits per heavy atom. The molecule has 2 aromatic rings. The lowest BCUT2D eigenvalue weighted by molar-refractivity contribution is -0.141. The van der Waals surface area contributed by atoms with E-state index in [9.17, 15) is 18.0 Å². The maximum absolute atomic E-state index is 12.8. The van der Waals surface area contributed by atoms with Gasteiger partial charge in [-0.2, -0.15) is 13.2 Å². The summed E-state index contributed by atoms with van der Waals surface area (Å²) in [5.74, 6) is 0.0232. The molecule has 0 aliphatic carbocycles. The quantitative estimate of drug-likeness (QED) is 0.701. The third kappa shape index (κ3) is 3.95. The predicted molar refractivity (Wildman–Crippen MR) is 73.6 cm³/mol. The maximum atomic E-state index is 12.8. The van der Waals surface area contributed by atoms with Crippen LogP contribution in [0.25, 0.3) is 0 Å². The van der Waals surface area contributed by atoms with Crippen LogP contribution in [0.5, 0.6) is 11.6 Å². The molecule has 0 N–H and O–H groups in total. The minimum atomic E-state index is -4.81. The van der Waals surface area contributed by atoms with Crippen molar-refractivity contribution in [3.63, 3.8) is 0 Å². The molecule has 0 fully saturated rings. The maximum Gasteiger partial charge on any atom is 0.434 e. The normalized spacial score (nSPS) is 11.3. The van der Waals surface area contributed by atoms with Crippen LogP contribution in [0.15, 0.2) is 40.9 Å². The van der Waals surface area contributed by atoms with E-state index in [0.29, 0.717) is 5.75 Å². The number of alkyl halides is 3. The van der Waals surface area contributed by atoms with Gasteiger partial charge in [0.25, 0.3) is 5.24 Å². The number of carbonyl (C=O) groups excluding carboxylic acids is 1. The Morgan fingerprint density at radius 3 is 2.29 bits per heavy atom. The van der Waals surface area contributed by atoms with E-state index in [1.165, 1.54) is 0 Å². The molecule has 1 aromatic heterocycles. The van der Waals surface area contributed by atoms with Crippen molar-refractivity contribution in [1.29, 1.82) is 0 Å². The van der Waals surface area contributed by atoms with E-state index in [1.54, 1.807) is 24.3 Å². The second kappa shape index (κ2) is 6.03. The molecule has 1 aromatic carbocycles. The Kier molecular flexibility index (Phi) is 4.53. The molecule has 0 atom stereocenters. The number of pyridine rings is 1. The first kappa shape index (κ1) is 15.8. The number of ether oxygens (including phenoxy) is 1. The van der Waals surface area contributed by atoms with E-state index in [1.807, 2.05) is 0 Å². The minimum Gasteiger partial charge on any atom is -0.439 e. The molecule has 8 heteroatoms. The SMILES string of the molecule is O=C(Cl)c1ccc(Oc2ccc(Br)cc2)nc1C(F)(F)F. The van der Waals surface area contributed by atoms with Gasteiger partial charge < -0.3 is 4.74 Å². The van der Waals surface area contributed by atoms with Crippen molar-refractivity contribution in [3.05, 3.63) is 52.1 Å². The summed E-state index contributed by atoms with van der Waals surface area (Å²) in [6, 6.07) is 8.51. The van der Waals surface area contributed by atoms with Gasteiger partial charge in [0.15, 0.2) is 5.69 Å². The van der Waals surface area contributed by atoms with E-state index in [-0.39, 0.29) is 5.88 Å². The van der Waals surface area contributed by atoms with Crippen molar-refractivity contribution < 1.29 is 22.7 Å². The molecule has 0 saturated heterocycles. The van der Waals surface area contributed by atoms with Gasteiger partial charge in [-0.05, 0) is 41.9 Å². The van der Waals surface area contributed by atoms with Crippen LogP contribution < -0.4 is 4.74 Å². The number of benzene rings is 1. The highest BCUT2D eigenvalue weighted by Crippen LogP contribution is 2.33. The predicted octanol–water partition coefficient (Wildman–Crippen LogP) is 5.03. The lowest BCUT2D eigenvalue weighted by atomic mass is 10.2. The summed E-state index contributed by atoms with van der Waals surface area (Å²) in [6.07, 6.45) is -4.81. The highest BCUT2D eigenvalue weighted by atomic mass is 79.9. The second-order valence-corrected chi connectivity index (χ2v) is 5.13. The smallest absolute Gasteiger partial charge is 0.434 e.